The van der Waals surface area contributed by atoms with Crippen molar-refractivity contribution in [2.24, 2.45) is 5.73 Å². The first-order valence-electron chi connectivity index (χ1n) is 14.8. The van der Waals surface area contributed by atoms with Crippen LogP contribution in [0.15, 0.2) is 54.6 Å². The number of rotatable bonds is 16. The van der Waals surface area contributed by atoms with Crippen molar-refractivity contribution in [3.63, 3.8) is 0 Å². The third-order valence-corrected chi connectivity index (χ3v) is 7.70. The normalized spacial score (nSPS) is 15.0. The number of carboxylic acids is 1. The summed E-state index contributed by atoms with van der Waals surface area (Å²) in [6.45, 7) is 7.99. The molecule has 5 atom stereocenters. The first-order valence-corrected chi connectivity index (χ1v) is 15.7. The molecule has 0 unspecified atom stereocenters. The molecule has 0 heterocycles. The minimum atomic E-state index is -1.36. The summed E-state index contributed by atoms with van der Waals surface area (Å²) in [6, 6.07) is 9.18. The van der Waals surface area contributed by atoms with Gasteiger partial charge in [0.05, 0.1) is 6.04 Å². The molecule has 0 aliphatic carbocycles. The highest BCUT2D eigenvalue weighted by Crippen LogP contribution is 2.20. The number of aliphatic carboxylic acids is 1. The van der Waals surface area contributed by atoms with Gasteiger partial charge in [-0.3, -0.25) is 19.2 Å². The Balaban J connectivity index is 2.21. The van der Waals surface area contributed by atoms with Gasteiger partial charge in [-0.1, -0.05) is 49.4 Å². The predicted molar refractivity (Wildman–Crippen MR) is 182 cm³/mol. The van der Waals surface area contributed by atoms with Gasteiger partial charge in [-0.15, -0.1) is 0 Å². The molecule has 2 rings (SSSR count). The van der Waals surface area contributed by atoms with E-state index in [-0.39, 0.29) is 25.0 Å². The Morgan fingerprint density at radius 3 is 1.67 bits per heavy atom. The molecule has 8 N–H and O–H groups in total. The number of nitrogens with one attached hydrogen (secondary N) is 4. The molecule has 0 aliphatic heterocycles. The van der Waals surface area contributed by atoms with E-state index in [1.54, 1.807) is 77.1 Å². The highest BCUT2D eigenvalue weighted by Gasteiger charge is 2.38. The lowest BCUT2D eigenvalue weighted by molar-refractivity contribution is -0.143. The Hall–Kier alpha value is -3.75. The van der Waals surface area contributed by atoms with Crippen molar-refractivity contribution in [1.82, 2.24) is 21.3 Å². The predicted octanol–water partition coefficient (Wildman–Crippen LogP) is 1.36. The Morgan fingerprint density at radius 2 is 1.17 bits per heavy atom. The Bertz CT molecular complexity index is 1360. The third kappa shape index (κ3) is 11.9. The van der Waals surface area contributed by atoms with Gasteiger partial charge in [-0.25, -0.2) is 4.79 Å². The zero-order valence-corrected chi connectivity index (χ0v) is 28.4. The third-order valence-electron chi connectivity index (χ3n) is 7.18. The van der Waals surface area contributed by atoms with Crippen molar-refractivity contribution in [2.75, 3.05) is 0 Å². The summed E-state index contributed by atoms with van der Waals surface area (Å²) in [5.74, 6) is -3.95. The molecule has 0 saturated heterocycles. The second-order valence-corrected chi connectivity index (χ2v) is 14.5. The van der Waals surface area contributed by atoms with E-state index in [4.69, 9.17) is 5.73 Å². The van der Waals surface area contributed by atoms with E-state index in [0.29, 0.717) is 11.1 Å². The first-order chi connectivity index (χ1) is 21.3. The van der Waals surface area contributed by atoms with Crippen molar-refractivity contribution < 1.29 is 34.2 Å². The molecule has 4 amide bonds. The number of carbonyl (C=O) groups excluding carboxylic acids is 4. The van der Waals surface area contributed by atoms with Crippen LogP contribution in [0.5, 0.6) is 5.75 Å². The van der Waals surface area contributed by atoms with Crippen LogP contribution in [0.2, 0.25) is 0 Å². The molecule has 252 valence electrons. The summed E-state index contributed by atoms with van der Waals surface area (Å²) in [5.41, 5.74) is 7.52. The van der Waals surface area contributed by atoms with Crippen LogP contribution in [-0.2, 0) is 36.8 Å². The van der Waals surface area contributed by atoms with Crippen LogP contribution in [0.25, 0.3) is 0 Å². The van der Waals surface area contributed by atoms with E-state index in [0.717, 1.165) is 0 Å². The second-order valence-electron chi connectivity index (χ2n) is 12.2. The molecule has 0 bridgehead atoms. The number of carbonyl (C=O) groups is 5. The number of benzene rings is 2. The maximum atomic E-state index is 13.5. The minimum Gasteiger partial charge on any atom is -0.508 e. The monoisotopic (exact) mass is 675 g/mol. The summed E-state index contributed by atoms with van der Waals surface area (Å²) < 4.78 is -2.19. The van der Waals surface area contributed by atoms with Crippen LogP contribution in [0.3, 0.4) is 0 Å². The smallest absolute Gasteiger partial charge is 0.327 e. The van der Waals surface area contributed by atoms with Gasteiger partial charge >= 0.3 is 5.97 Å². The second kappa shape index (κ2) is 16.7. The van der Waals surface area contributed by atoms with Crippen molar-refractivity contribution in [3.8, 4) is 5.75 Å². The van der Waals surface area contributed by atoms with Gasteiger partial charge in [0.15, 0.2) is 0 Å². The standard InChI is InChI=1S/C32H45N5O7S2/c1-6-22(34-29(42)24(31(2,3)45)36-26(39)21(33)16-19-12-14-20(38)15-13-19)27(40)35-23(17-18-10-8-7-9-11-18)28(41)37-25(30(43)44)32(4,5)46/h7-15,21-25,38,45-46H,6,16-17,33H2,1-5H3,(H,34,42)(H,35,40)(H,36,39)(H,37,41)(H,43,44)/t21-,22-,23-,24-,25-/m0/s1. The largest absolute Gasteiger partial charge is 0.508 e. The Labute approximate surface area is 280 Å². The summed E-state index contributed by atoms with van der Waals surface area (Å²) >= 11 is 8.81. The molecule has 12 nitrogen and oxygen atoms in total. The van der Waals surface area contributed by atoms with Crippen molar-refractivity contribution in [2.45, 2.75) is 93.6 Å². The van der Waals surface area contributed by atoms with Gasteiger partial charge in [0.25, 0.3) is 0 Å². The zero-order chi connectivity index (χ0) is 34.8. The fraction of sp³-hybridized carbons (Fsp3) is 0.469. The van der Waals surface area contributed by atoms with Crippen LogP contribution in [0, 0.1) is 0 Å². The lowest BCUT2D eigenvalue weighted by Crippen LogP contribution is -2.62. The van der Waals surface area contributed by atoms with Crippen LogP contribution in [-0.4, -0.2) is 79.5 Å². The molecule has 46 heavy (non-hydrogen) atoms. The first kappa shape index (κ1) is 38.4. The maximum absolute atomic E-state index is 13.5. The number of carboxylic acid groups (broad SMARTS) is 1. The fourth-order valence-corrected chi connectivity index (χ4v) is 4.87. The average Bonchev–Trinajstić information content (AvgIpc) is 2.96. The van der Waals surface area contributed by atoms with E-state index in [9.17, 15) is 34.2 Å². The summed E-state index contributed by atoms with van der Waals surface area (Å²) in [6.07, 6.45) is 0.321. The highest BCUT2D eigenvalue weighted by molar-refractivity contribution is 7.82. The molecule has 0 radical (unpaired) electrons. The van der Waals surface area contributed by atoms with Gasteiger partial charge in [-0.2, -0.15) is 25.3 Å². The molecule has 0 spiro atoms. The summed E-state index contributed by atoms with van der Waals surface area (Å²) in [5, 5.41) is 29.6. The van der Waals surface area contributed by atoms with E-state index in [2.05, 4.69) is 46.5 Å². The van der Waals surface area contributed by atoms with Crippen LogP contribution in [0.1, 0.15) is 52.2 Å². The number of aromatic hydroxyl groups is 1. The van der Waals surface area contributed by atoms with Crippen molar-refractivity contribution >= 4 is 54.9 Å². The molecular weight excluding hydrogens is 631 g/mol. The van der Waals surface area contributed by atoms with Gasteiger partial charge in [-0.05, 0) is 63.8 Å². The summed E-state index contributed by atoms with van der Waals surface area (Å²) in [4.78, 5) is 65.2. The number of phenols is 1. The lowest BCUT2D eigenvalue weighted by atomic mass is 9.99. The van der Waals surface area contributed by atoms with Gasteiger partial charge in [0.2, 0.25) is 23.6 Å². The number of hydrogen-bond acceptors (Lipinski definition) is 9. The van der Waals surface area contributed by atoms with Crippen molar-refractivity contribution in [3.05, 3.63) is 65.7 Å². The highest BCUT2D eigenvalue weighted by atomic mass is 32.1. The number of hydrogen-bond donors (Lipinski definition) is 9. The van der Waals surface area contributed by atoms with Gasteiger partial charge in [0.1, 0.15) is 29.9 Å². The summed E-state index contributed by atoms with van der Waals surface area (Å²) in [7, 11) is 0. The van der Waals surface area contributed by atoms with Crippen LogP contribution >= 0.6 is 25.3 Å². The van der Waals surface area contributed by atoms with Crippen LogP contribution < -0.4 is 27.0 Å². The number of amides is 4. The van der Waals surface area contributed by atoms with E-state index in [1.165, 1.54) is 12.1 Å². The maximum Gasteiger partial charge on any atom is 0.327 e. The minimum absolute atomic E-state index is 0.0450. The lowest BCUT2D eigenvalue weighted by Gasteiger charge is -2.32. The van der Waals surface area contributed by atoms with E-state index in [1.807, 2.05) is 0 Å². The molecule has 0 fully saturated rings. The van der Waals surface area contributed by atoms with Crippen molar-refractivity contribution in [1.29, 1.82) is 0 Å². The number of thiol groups is 2. The van der Waals surface area contributed by atoms with Crippen LogP contribution in [0.4, 0.5) is 0 Å². The SMILES string of the molecule is CC[C@H](NC(=O)[C@H](NC(=O)[C@@H](N)Cc1ccc(O)cc1)C(C)(C)S)C(=O)N[C@@H](Cc1ccccc1)C(=O)N[C@@H](C(=O)O)C(C)(C)S. The zero-order valence-electron chi connectivity index (χ0n) is 26.6. The Kier molecular flexibility index (Phi) is 14.0. The molecule has 2 aromatic rings. The van der Waals surface area contributed by atoms with E-state index >= 15 is 0 Å². The molecule has 0 aromatic heterocycles. The molecule has 2 aromatic carbocycles. The number of nitrogens with two attached hydrogens (primary N) is 1. The number of phenolic OH excluding ortho intramolecular Hbond substituents is 1. The quantitative estimate of drug-likeness (QED) is 0.119. The molecule has 0 aliphatic rings. The molecular formula is C32H45N5O7S2. The fourth-order valence-electron chi connectivity index (χ4n) is 4.51. The van der Waals surface area contributed by atoms with E-state index < -0.39 is 69.3 Å². The van der Waals surface area contributed by atoms with Gasteiger partial charge in [0, 0.05) is 15.9 Å². The Morgan fingerprint density at radius 1 is 0.696 bits per heavy atom. The average molecular weight is 676 g/mol. The molecule has 14 heteroatoms. The topological polar surface area (TPSA) is 200 Å². The van der Waals surface area contributed by atoms with Gasteiger partial charge < -0.3 is 37.2 Å². The molecule has 0 saturated carbocycles.